The van der Waals surface area contributed by atoms with Gasteiger partial charge in [0.05, 0.1) is 0 Å². The number of hydrogen-bond donors (Lipinski definition) is 0. The van der Waals surface area contributed by atoms with Gasteiger partial charge in [-0.2, -0.15) is 0 Å². The molecular formula is C13H16O. The van der Waals surface area contributed by atoms with Gasteiger partial charge >= 0.3 is 0 Å². The SMILES string of the molecule is CC(=O)[C@H]1CCC[C@@H]1c1ccccc1. The van der Waals surface area contributed by atoms with Gasteiger partial charge in [0.15, 0.2) is 0 Å². The standard InChI is InChI=1S/C13H16O/c1-10(14)12-8-5-9-13(12)11-6-3-2-4-7-11/h2-4,6-7,12-13H,5,8-9H2,1H3/t12-,13-/m1/s1. The van der Waals surface area contributed by atoms with Crippen LogP contribution in [0.3, 0.4) is 0 Å². The third-order valence-corrected chi connectivity index (χ3v) is 3.27. The average molecular weight is 188 g/mol. The lowest BCUT2D eigenvalue weighted by molar-refractivity contribution is -0.120. The van der Waals surface area contributed by atoms with Crippen LogP contribution in [0.1, 0.15) is 37.7 Å². The maximum atomic E-state index is 11.4. The zero-order valence-corrected chi connectivity index (χ0v) is 8.57. The van der Waals surface area contributed by atoms with Gasteiger partial charge in [-0.15, -0.1) is 0 Å². The van der Waals surface area contributed by atoms with Crippen molar-refractivity contribution >= 4 is 5.78 Å². The highest BCUT2D eigenvalue weighted by atomic mass is 16.1. The van der Waals surface area contributed by atoms with Crippen molar-refractivity contribution in [1.29, 1.82) is 0 Å². The van der Waals surface area contributed by atoms with E-state index in [1.807, 2.05) is 6.07 Å². The summed E-state index contributed by atoms with van der Waals surface area (Å²) in [6.07, 6.45) is 3.45. The first-order valence-electron chi connectivity index (χ1n) is 5.34. The van der Waals surface area contributed by atoms with E-state index in [9.17, 15) is 4.79 Å². The molecule has 0 aliphatic heterocycles. The molecular weight excluding hydrogens is 172 g/mol. The van der Waals surface area contributed by atoms with E-state index in [0.29, 0.717) is 11.7 Å². The number of benzene rings is 1. The second kappa shape index (κ2) is 3.95. The number of carbonyl (C=O) groups excluding carboxylic acids is 1. The lowest BCUT2D eigenvalue weighted by Crippen LogP contribution is -2.14. The Kier molecular flexibility index (Phi) is 2.67. The van der Waals surface area contributed by atoms with Crippen LogP contribution in [0.2, 0.25) is 0 Å². The van der Waals surface area contributed by atoms with Crippen LogP contribution in [0, 0.1) is 5.92 Å². The Morgan fingerprint density at radius 1 is 1.21 bits per heavy atom. The number of ketones is 1. The van der Waals surface area contributed by atoms with Gasteiger partial charge in [0.2, 0.25) is 0 Å². The van der Waals surface area contributed by atoms with Crippen molar-refractivity contribution in [3.05, 3.63) is 35.9 Å². The van der Waals surface area contributed by atoms with E-state index in [1.165, 1.54) is 18.4 Å². The van der Waals surface area contributed by atoms with Gasteiger partial charge in [0, 0.05) is 5.92 Å². The van der Waals surface area contributed by atoms with Gasteiger partial charge in [0.25, 0.3) is 0 Å². The fourth-order valence-corrected chi connectivity index (χ4v) is 2.55. The lowest BCUT2D eigenvalue weighted by atomic mass is 9.87. The van der Waals surface area contributed by atoms with Crippen molar-refractivity contribution in [3.8, 4) is 0 Å². The van der Waals surface area contributed by atoms with E-state index >= 15 is 0 Å². The molecule has 0 bridgehead atoms. The van der Waals surface area contributed by atoms with Crippen LogP contribution >= 0.6 is 0 Å². The summed E-state index contributed by atoms with van der Waals surface area (Å²) in [7, 11) is 0. The number of Topliss-reactive ketones (excluding diaryl/α,β-unsaturated/α-hetero) is 1. The summed E-state index contributed by atoms with van der Waals surface area (Å²) >= 11 is 0. The molecule has 0 saturated heterocycles. The Bertz CT molecular complexity index is 315. The van der Waals surface area contributed by atoms with E-state index in [0.717, 1.165) is 6.42 Å². The zero-order valence-electron chi connectivity index (χ0n) is 8.57. The van der Waals surface area contributed by atoms with Crippen LogP contribution in [0.5, 0.6) is 0 Å². The number of rotatable bonds is 2. The van der Waals surface area contributed by atoms with Gasteiger partial charge in [-0.1, -0.05) is 36.8 Å². The topological polar surface area (TPSA) is 17.1 Å². The van der Waals surface area contributed by atoms with Crippen molar-refractivity contribution in [2.45, 2.75) is 32.1 Å². The van der Waals surface area contributed by atoms with Crippen molar-refractivity contribution in [2.75, 3.05) is 0 Å². The predicted molar refractivity (Wildman–Crippen MR) is 57.2 cm³/mol. The third kappa shape index (κ3) is 1.72. The Balaban J connectivity index is 2.22. The summed E-state index contributed by atoms with van der Waals surface area (Å²) in [6.45, 7) is 1.73. The fourth-order valence-electron chi connectivity index (χ4n) is 2.55. The minimum atomic E-state index is 0.275. The molecule has 1 aromatic rings. The van der Waals surface area contributed by atoms with E-state index in [2.05, 4.69) is 24.3 Å². The zero-order chi connectivity index (χ0) is 9.97. The molecule has 1 aromatic carbocycles. The van der Waals surface area contributed by atoms with Gasteiger partial charge in [-0.05, 0) is 31.2 Å². The second-order valence-corrected chi connectivity index (χ2v) is 4.17. The van der Waals surface area contributed by atoms with Crippen molar-refractivity contribution < 1.29 is 4.79 Å². The molecule has 0 radical (unpaired) electrons. The Hall–Kier alpha value is -1.11. The minimum Gasteiger partial charge on any atom is -0.300 e. The molecule has 0 unspecified atom stereocenters. The molecule has 74 valence electrons. The second-order valence-electron chi connectivity index (χ2n) is 4.17. The van der Waals surface area contributed by atoms with Crippen LogP contribution < -0.4 is 0 Å². The van der Waals surface area contributed by atoms with Gasteiger partial charge in [-0.25, -0.2) is 0 Å². The van der Waals surface area contributed by atoms with Crippen LogP contribution in [0.25, 0.3) is 0 Å². The molecule has 1 heteroatoms. The molecule has 0 aromatic heterocycles. The normalized spacial score (nSPS) is 26.4. The van der Waals surface area contributed by atoms with Crippen LogP contribution in [0.4, 0.5) is 0 Å². The van der Waals surface area contributed by atoms with Crippen molar-refractivity contribution in [3.63, 3.8) is 0 Å². The van der Waals surface area contributed by atoms with Crippen molar-refractivity contribution in [1.82, 2.24) is 0 Å². The van der Waals surface area contributed by atoms with E-state index < -0.39 is 0 Å². The first-order valence-corrected chi connectivity index (χ1v) is 5.34. The lowest BCUT2D eigenvalue weighted by Gasteiger charge is -2.16. The molecule has 1 nitrogen and oxygen atoms in total. The predicted octanol–water partition coefficient (Wildman–Crippen LogP) is 3.16. The molecule has 0 spiro atoms. The average Bonchev–Trinajstić information content (AvgIpc) is 2.67. The number of hydrogen-bond acceptors (Lipinski definition) is 1. The maximum Gasteiger partial charge on any atom is 0.133 e. The highest BCUT2D eigenvalue weighted by Crippen LogP contribution is 2.39. The molecule has 2 rings (SSSR count). The fraction of sp³-hybridized carbons (Fsp3) is 0.462. The molecule has 0 heterocycles. The quantitative estimate of drug-likeness (QED) is 0.696. The molecule has 1 aliphatic carbocycles. The third-order valence-electron chi connectivity index (χ3n) is 3.27. The van der Waals surface area contributed by atoms with Crippen molar-refractivity contribution in [2.24, 2.45) is 5.92 Å². The summed E-state index contributed by atoms with van der Waals surface area (Å²) < 4.78 is 0. The Morgan fingerprint density at radius 2 is 1.93 bits per heavy atom. The smallest absolute Gasteiger partial charge is 0.133 e. The van der Waals surface area contributed by atoms with Crippen LogP contribution in [-0.4, -0.2) is 5.78 Å². The summed E-state index contributed by atoms with van der Waals surface area (Å²) in [5.41, 5.74) is 1.34. The molecule has 2 atom stereocenters. The molecule has 1 aliphatic rings. The maximum absolute atomic E-state index is 11.4. The first-order chi connectivity index (χ1) is 6.79. The molecule has 0 N–H and O–H groups in total. The van der Waals surface area contributed by atoms with E-state index in [1.54, 1.807) is 6.92 Å². The summed E-state index contributed by atoms with van der Waals surface area (Å²) in [5.74, 6) is 1.11. The van der Waals surface area contributed by atoms with Gasteiger partial charge < -0.3 is 0 Å². The van der Waals surface area contributed by atoms with Gasteiger partial charge in [0.1, 0.15) is 5.78 Å². The van der Waals surface area contributed by atoms with Crippen LogP contribution in [-0.2, 0) is 4.79 Å². The highest BCUT2D eigenvalue weighted by Gasteiger charge is 2.31. The summed E-state index contributed by atoms with van der Waals surface area (Å²) in [4.78, 5) is 11.4. The number of carbonyl (C=O) groups is 1. The van der Waals surface area contributed by atoms with Gasteiger partial charge in [-0.3, -0.25) is 4.79 Å². The molecule has 0 amide bonds. The molecule has 1 saturated carbocycles. The van der Waals surface area contributed by atoms with E-state index in [4.69, 9.17) is 0 Å². The van der Waals surface area contributed by atoms with Crippen LogP contribution in [0.15, 0.2) is 30.3 Å². The molecule has 1 fully saturated rings. The Morgan fingerprint density at radius 3 is 2.57 bits per heavy atom. The Labute approximate surface area is 85.1 Å². The minimum absolute atomic E-state index is 0.275. The highest BCUT2D eigenvalue weighted by molar-refractivity contribution is 5.79. The largest absolute Gasteiger partial charge is 0.300 e. The summed E-state index contributed by atoms with van der Waals surface area (Å²) in [6, 6.07) is 10.4. The summed E-state index contributed by atoms with van der Waals surface area (Å²) in [5, 5.41) is 0. The van der Waals surface area contributed by atoms with E-state index in [-0.39, 0.29) is 5.92 Å². The monoisotopic (exact) mass is 188 g/mol. The first kappa shape index (κ1) is 9.45. The molecule has 14 heavy (non-hydrogen) atoms.